The molecule has 0 saturated carbocycles. The van der Waals surface area contributed by atoms with E-state index in [1.54, 1.807) is 4.68 Å². The highest BCUT2D eigenvalue weighted by Gasteiger charge is 2.18. The fraction of sp³-hybridized carbons (Fsp3) is 0.467. The van der Waals surface area contributed by atoms with E-state index in [0.717, 1.165) is 25.2 Å². The van der Waals surface area contributed by atoms with Gasteiger partial charge in [-0.15, -0.1) is 5.10 Å². The quantitative estimate of drug-likeness (QED) is 0.924. The number of anilines is 1. The molecule has 1 aliphatic rings. The fourth-order valence-corrected chi connectivity index (χ4v) is 2.81. The number of aryl methyl sites for hydroxylation is 2. The first-order chi connectivity index (χ1) is 9.63. The lowest BCUT2D eigenvalue weighted by Gasteiger charge is -2.31. The zero-order valence-corrected chi connectivity index (χ0v) is 12.1. The first kappa shape index (κ1) is 13.1. The number of hydrogen-bond donors (Lipinski definition) is 1. The molecule has 0 radical (unpaired) electrons. The van der Waals surface area contributed by atoms with Crippen molar-refractivity contribution in [1.82, 2.24) is 15.0 Å². The Balaban J connectivity index is 1.86. The van der Waals surface area contributed by atoms with Crippen LogP contribution in [-0.4, -0.2) is 21.5 Å². The average molecular weight is 271 g/mol. The Morgan fingerprint density at radius 2 is 2.25 bits per heavy atom. The Hall–Kier alpha value is -1.88. The molecule has 2 heterocycles. The molecule has 20 heavy (non-hydrogen) atoms. The van der Waals surface area contributed by atoms with Gasteiger partial charge in [0, 0.05) is 31.5 Å². The molecule has 0 spiro atoms. The summed E-state index contributed by atoms with van der Waals surface area (Å²) in [6, 6.07) is 6.68. The minimum absolute atomic E-state index is 0.0932. The maximum absolute atomic E-state index is 5.97. The highest BCUT2D eigenvalue weighted by atomic mass is 15.4. The molecule has 1 aliphatic heterocycles. The third-order valence-corrected chi connectivity index (χ3v) is 3.85. The van der Waals surface area contributed by atoms with Gasteiger partial charge in [-0.1, -0.05) is 17.3 Å². The van der Waals surface area contributed by atoms with Crippen LogP contribution in [0.5, 0.6) is 0 Å². The zero-order valence-electron chi connectivity index (χ0n) is 12.1. The molecule has 0 aliphatic carbocycles. The molecule has 0 amide bonds. The van der Waals surface area contributed by atoms with Crippen LogP contribution in [-0.2, 0) is 20.0 Å². The van der Waals surface area contributed by atoms with Crippen molar-refractivity contribution in [2.24, 2.45) is 12.8 Å². The van der Waals surface area contributed by atoms with Gasteiger partial charge in [-0.05, 0) is 37.0 Å². The fourth-order valence-electron chi connectivity index (χ4n) is 2.81. The van der Waals surface area contributed by atoms with Gasteiger partial charge in [-0.25, -0.2) is 0 Å². The molecule has 0 saturated heterocycles. The molecule has 106 valence electrons. The molecule has 0 fully saturated rings. The van der Waals surface area contributed by atoms with Crippen molar-refractivity contribution in [2.75, 3.05) is 11.4 Å². The van der Waals surface area contributed by atoms with Gasteiger partial charge < -0.3 is 10.6 Å². The van der Waals surface area contributed by atoms with E-state index in [4.69, 9.17) is 5.73 Å². The van der Waals surface area contributed by atoms with Crippen LogP contribution < -0.4 is 10.6 Å². The molecule has 5 nitrogen and oxygen atoms in total. The predicted molar refractivity (Wildman–Crippen MR) is 79.4 cm³/mol. The summed E-state index contributed by atoms with van der Waals surface area (Å²) in [5, 5.41) is 8.18. The number of nitrogens with zero attached hydrogens (tertiary/aromatic N) is 4. The molecule has 1 unspecified atom stereocenters. The van der Waals surface area contributed by atoms with Crippen molar-refractivity contribution < 1.29 is 0 Å². The monoisotopic (exact) mass is 271 g/mol. The molecule has 2 N–H and O–H groups in total. The molecule has 2 aromatic rings. The number of aromatic nitrogens is 3. The maximum Gasteiger partial charge on any atom is 0.102 e. The van der Waals surface area contributed by atoms with E-state index in [1.807, 2.05) is 20.2 Å². The van der Waals surface area contributed by atoms with Crippen LogP contribution in [0, 0.1) is 0 Å². The molecular formula is C15H21N5. The summed E-state index contributed by atoms with van der Waals surface area (Å²) in [4.78, 5) is 2.38. The Morgan fingerprint density at radius 3 is 2.95 bits per heavy atom. The molecule has 5 heteroatoms. The van der Waals surface area contributed by atoms with Crippen molar-refractivity contribution in [3.8, 4) is 0 Å². The predicted octanol–water partition coefficient (Wildman–Crippen LogP) is 1.79. The minimum atomic E-state index is 0.0932. The number of nitrogens with two attached hydrogens (primary N) is 1. The minimum Gasteiger partial charge on any atom is -0.365 e. The van der Waals surface area contributed by atoms with Crippen LogP contribution >= 0.6 is 0 Å². The van der Waals surface area contributed by atoms with Gasteiger partial charge in [-0.2, -0.15) is 0 Å². The smallest absolute Gasteiger partial charge is 0.102 e. The van der Waals surface area contributed by atoms with Gasteiger partial charge in [-0.3, -0.25) is 4.68 Å². The maximum atomic E-state index is 5.97. The van der Waals surface area contributed by atoms with E-state index in [2.05, 4.69) is 33.4 Å². The van der Waals surface area contributed by atoms with E-state index in [1.165, 1.54) is 23.2 Å². The third kappa shape index (κ3) is 2.54. The summed E-state index contributed by atoms with van der Waals surface area (Å²) in [6.45, 7) is 3.92. The lowest BCUT2D eigenvalue weighted by atomic mass is 9.97. The van der Waals surface area contributed by atoms with Crippen LogP contribution in [0.3, 0.4) is 0 Å². The highest BCUT2D eigenvalue weighted by molar-refractivity contribution is 5.57. The number of fused-ring (bicyclic) bond motifs is 1. The van der Waals surface area contributed by atoms with E-state index in [-0.39, 0.29) is 6.04 Å². The SMILES string of the molecule is CC(N)c1ccc2c(c1)CCCN2Cc1cn(C)nn1. The second kappa shape index (κ2) is 5.25. The van der Waals surface area contributed by atoms with Gasteiger partial charge in [0.1, 0.15) is 5.69 Å². The normalized spacial score (nSPS) is 16.1. The average Bonchev–Trinajstić information content (AvgIpc) is 2.84. The van der Waals surface area contributed by atoms with E-state index >= 15 is 0 Å². The van der Waals surface area contributed by atoms with Gasteiger partial charge in [0.2, 0.25) is 0 Å². The lowest BCUT2D eigenvalue weighted by Crippen LogP contribution is -2.29. The zero-order chi connectivity index (χ0) is 14.1. The van der Waals surface area contributed by atoms with Crippen LogP contribution in [0.4, 0.5) is 5.69 Å². The summed E-state index contributed by atoms with van der Waals surface area (Å²) < 4.78 is 1.75. The second-order valence-corrected chi connectivity index (χ2v) is 5.59. The topological polar surface area (TPSA) is 60.0 Å². The molecule has 1 aromatic heterocycles. The molecule has 1 atom stereocenters. The van der Waals surface area contributed by atoms with Gasteiger partial charge in [0.25, 0.3) is 0 Å². The van der Waals surface area contributed by atoms with E-state index in [9.17, 15) is 0 Å². The van der Waals surface area contributed by atoms with Crippen molar-refractivity contribution in [3.05, 3.63) is 41.2 Å². The summed E-state index contributed by atoms with van der Waals surface area (Å²) in [5.74, 6) is 0. The summed E-state index contributed by atoms with van der Waals surface area (Å²) in [5.41, 5.74) is 10.9. The molecule has 3 rings (SSSR count). The van der Waals surface area contributed by atoms with Crippen molar-refractivity contribution in [3.63, 3.8) is 0 Å². The van der Waals surface area contributed by atoms with Crippen LogP contribution in [0.1, 0.15) is 36.2 Å². The van der Waals surface area contributed by atoms with Crippen molar-refractivity contribution >= 4 is 5.69 Å². The lowest BCUT2D eigenvalue weighted by molar-refractivity contribution is 0.677. The molecular weight excluding hydrogens is 250 g/mol. The summed E-state index contributed by atoms with van der Waals surface area (Å²) in [7, 11) is 1.90. The van der Waals surface area contributed by atoms with Gasteiger partial charge in [0.05, 0.1) is 6.54 Å². The van der Waals surface area contributed by atoms with Gasteiger partial charge in [0.15, 0.2) is 0 Å². The number of hydrogen-bond acceptors (Lipinski definition) is 4. The largest absolute Gasteiger partial charge is 0.365 e. The third-order valence-electron chi connectivity index (χ3n) is 3.85. The first-order valence-electron chi connectivity index (χ1n) is 7.12. The number of benzene rings is 1. The number of rotatable bonds is 3. The first-order valence-corrected chi connectivity index (χ1v) is 7.12. The van der Waals surface area contributed by atoms with E-state index in [0.29, 0.717) is 0 Å². The van der Waals surface area contributed by atoms with Crippen molar-refractivity contribution in [1.29, 1.82) is 0 Å². The van der Waals surface area contributed by atoms with Crippen LogP contribution in [0.2, 0.25) is 0 Å². The Bertz CT molecular complexity index is 602. The van der Waals surface area contributed by atoms with Gasteiger partial charge >= 0.3 is 0 Å². The van der Waals surface area contributed by atoms with Crippen LogP contribution in [0.25, 0.3) is 0 Å². The molecule has 1 aromatic carbocycles. The summed E-state index contributed by atoms with van der Waals surface area (Å²) >= 11 is 0. The van der Waals surface area contributed by atoms with Crippen LogP contribution in [0.15, 0.2) is 24.4 Å². The Morgan fingerprint density at radius 1 is 1.40 bits per heavy atom. The standard InChI is InChI=1S/C15H21N5/c1-11(16)12-5-6-15-13(8-12)4-3-7-20(15)10-14-9-19(2)18-17-14/h5-6,8-9,11H,3-4,7,10,16H2,1-2H3. The Labute approximate surface area is 119 Å². The van der Waals surface area contributed by atoms with E-state index < -0.39 is 0 Å². The highest BCUT2D eigenvalue weighted by Crippen LogP contribution is 2.30. The Kier molecular flexibility index (Phi) is 3.44. The summed E-state index contributed by atoms with van der Waals surface area (Å²) in [6.07, 6.45) is 4.28. The second-order valence-electron chi connectivity index (χ2n) is 5.59. The molecule has 0 bridgehead atoms. The van der Waals surface area contributed by atoms with Crippen molar-refractivity contribution in [2.45, 2.75) is 32.4 Å².